The molecule has 0 atom stereocenters. The maximum Gasteiger partial charge on any atom is 0.277 e. The molecule has 0 saturated carbocycles. The van der Waals surface area contributed by atoms with Crippen molar-refractivity contribution in [2.45, 2.75) is 11.0 Å². The zero-order valence-corrected chi connectivity index (χ0v) is 14.6. The maximum absolute atomic E-state index is 5.65. The lowest BCUT2D eigenvalue weighted by Gasteiger charge is -1.98. The molecule has 26 heavy (non-hydrogen) atoms. The summed E-state index contributed by atoms with van der Waals surface area (Å²) in [6, 6.07) is 17.1. The van der Waals surface area contributed by atoms with Crippen LogP contribution in [0.25, 0.3) is 22.8 Å². The summed E-state index contributed by atoms with van der Waals surface area (Å²) < 4.78 is 16.1. The zero-order valence-electron chi connectivity index (χ0n) is 13.8. The molecule has 0 bridgehead atoms. The number of thioether (sulfide) groups is 1. The molecule has 0 saturated heterocycles. The van der Waals surface area contributed by atoms with E-state index in [1.807, 2.05) is 54.6 Å². The highest BCUT2D eigenvalue weighted by Crippen LogP contribution is 2.26. The quantitative estimate of drug-likeness (QED) is 0.472. The van der Waals surface area contributed by atoms with E-state index in [1.165, 1.54) is 11.8 Å². The Morgan fingerprint density at radius 1 is 0.962 bits per heavy atom. The van der Waals surface area contributed by atoms with Crippen molar-refractivity contribution in [1.29, 1.82) is 0 Å². The van der Waals surface area contributed by atoms with Crippen molar-refractivity contribution < 1.29 is 13.7 Å². The van der Waals surface area contributed by atoms with Crippen LogP contribution in [0.2, 0.25) is 0 Å². The van der Waals surface area contributed by atoms with Gasteiger partial charge in [0.1, 0.15) is 5.75 Å². The molecule has 4 aromatic rings. The lowest BCUT2D eigenvalue weighted by Crippen LogP contribution is -1.85. The van der Waals surface area contributed by atoms with Crippen molar-refractivity contribution in [3.05, 3.63) is 60.5 Å². The number of hydrogen-bond donors (Lipinski definition) is 0. The molecule has 0 N–H and O–H groups in total. The van der Waals surface area contributed by atoms with E-state index in [9.17, 15) is 0 Å². The summed E-state index contributed by atoms with van der Waals surface area (Å²) in [5.74, 6) is 2.72. The number of aromatic nitrogens is 4. The molecule has 0 aliphatic carbocycles. The van der Waals surface area contributed by atoms with E-state index in [1.54, 1.807) is 7.11 Å². The molecule has 0 fully saturated rings. The van der Waals surface area contributed by atoms with E-state index in [4.69, 9.17) is 13.7 Å². The number of hydrogen-bond acceptors (Lipinski definition) is 8. The first kappa shape index (κ1) is 16.3. The summed E-state index contributed by atoms with van der Waals surface area (Å²) in [7, 11) is 1.62. The SMILES string of the molecule is COc1ccc(-c2noc(CSc3nnc(-c4ccccc4)o3)n2)cc1. The highest BCUT2D eigenvalue weighted by atomic mass is 32.2. The molecule has 0 radical (unpaired) electrons. The molecule has 8 heteroatoms. The van der Waals surface area contributed by atoms with Gasteiger partial charge in [-0.3, -0.25) is 0 Å². The Morgan fingerprint density at radius 3 is 2.54 bits per heavy atom. The van der Waals surface area contributed by atoms with Crippen LogP contribution < -0.4 is 4.74 Å². The van der Waals surface area contributed by atoms with Crippen molar-refractivity contribution in [2.75, 3.05) is 7.11 Å². The predicted molar refractivity (Wildman–Crippen MR) is 95.6 cm³/mol. The number of methoxy groups -OCH3 is 1. The Balaban J connectivity index is 1.41. The van der Waals surface area contributed by atoms with E-state index < -0.39 is 0 Å². The Kier molecular flexibility index (Phi) is 4.65. The Bertz CT molecular complexity index is 983. The summed E-state index contributed by atoms with van der Waals surface area (Å²) in [6.45, 7) is 0. The van der Waals surface area contributed by atoms with Crippen LogP contribution in [0.4, 0.5) is 0 Å². The van der Waals surface area contributed by atoms with Gasteiger partial charge in [0.25, 0.3) is 5.22 Å². The summed E-state index contributed by atoms with van der Waals surface area (Å²) in [5, 5.41) is 12.5. The van der Waals surface area contributed by atoms with Crippen LogP contribution >= 0.6 is 11.8 Å². The van der Waals surface area contributed by atoms with Gasteiger partial charge in [0.15, 0.2) is 0 Å². The second kappa shape index (κ2) is 7.40. The molecule has 0 unspecified atom stereocenters. The van der Waals surface area contributed by atoms with Gasteiger partial charge in [0.05, 0.1) is 12.9 Å². The minimum absolute atomic E-state index is 0.444. The minimum Gasteiger partial charge on any atom is -0.497 e. The molecule has 7 nitrogen and oxygen atoms in total. The second-order valence-corrected chi connectivity index (χ2v) is 6.19. The van der Waals surface area contributed by atoms with E-state index in [0.717, 1.165) is 16.9 Å². The van der Waals surface area contributed by atoms with Gasteiger partial charge in [-0.05, 0) is 36.4 Å². The Morgan fingerprint density at radius 2 is 1.77 bits per heavy atom. The molecule has 2 heterocycles. The fourth-order valence-electron chi connectivity index (χ4n) is 2.26. The van der Waals surface area contributed by atoms with Crippen LogP contribution in [0.15, 0.2) is 68.8 Å². The van der Waals surface area contributed by atoms with Crippen molar-refractivity contribution >= 4 is 11.8 Å². The third-order valence-electron chi connectivity index (χ3n) is 3.56. The first-order chi connectivity index (χ1) is 12.8. The average Bonchev–Trinajstić information content (AvgIpc) is 3.37. The molecule has 2 aromatic carbocycles. The van der Waals surface area contributed by atoms with Gasteiger partial charge in [-0.1, -0.05) is 35.1 Å². The molecular weight excluding hydrogens is 352 g/mol. The van der Waals surface area contributed by atoms with Crippen LogP contribution in [0, 0.1) is 0 Å². The van der Waals surface area contributed by atoms with Gasteiger partial charge in [-0.2, -0.15) is 4.98 Å². The van der Waals surface area contributed by atoms with E-state index in [2.05, 4.69) is 20.3 Å². The highest BCUT2D eigenvalue weighted by molar-refractivity contribution is 7.98. The Labute approximate surface area is 153 Å². The third-order valence-corrected chi connectivity index (χ3v) is 4.37. The molecule has 0 amide bonds. The van der Waals surface area contributed by atoms with Gasteiger partial charge in [-0.25, -0.2) is 0 Å². The lowest BCUT2D eigenvalue weighted by molar-refractivity contribution is 0.390. The fourth-order valence-corrected chi connectivity index (χ4v) is 2.86. The number of nitrogens with zero attached hydrogens (tertiary/aromatic N) is 4. The van der Waals surface area contributed by atoms with Gasteiger partial charge < -0.3 is 13.7 Å². The highest BCUT2D eigenvalue weighted by Gasteiger charge is 2.13. The standard InChI is InChI=1S/C18H14N4O3S/c1-23-14-9-7-12(8-10-14)16-19-15(25-22-16)11-26-18-21-20-17(24-18)13-5-3-2-4-6-13/h2-10H,11H2,1H3. The van der Waals surface area contributed by atoms with Crippen LogP contribution in [0.1, 0.15) is 5.89 Å². The smallest absolute Gasteiger partial charge is 0.277 e. The third kappa shape index (κ3) is 3.60. The Hall–Kier alpha value is -3.13. The number of benzene rings is 2. The van der Waals surface area contributed by atoms with Gasteiger partial charge in [0.2, 0.25) is 17.6 Å². The van der Waals surface area contributed by atoms with E-state index in [0.29, 0.717) is 28.6 Å². The van der Waals surface area contributed by atoms with Crippen molar-refractivity contribution in [3.63, 3.8) is 0 Å². The molecule has 0 aliphatic heterocycles. The fraction of sp³-hybridized carbons (Fsp3) is 0.111. The van der Waals surface area contributed by atoms with Crippen LogP contribution in [-0.4, -0.2) is 27.4 Å². The summed E-state index contributed by atoms with van der Waals surface area (Å²) in [5.41, 5.74) is 1.74. The normalized spacial score (nSPS) is 10.8. The average molecular weight is 366 g/mol. The molecule has 0 spiro atoms. The molecule has 130 valence electrons. The van der Waals surface area contributed by atoms with Crippen LogP contribution in [0.3, 0.4) is 0 Å². The van der Waals surface area contributed by atoms with Gasteiger partial charge in [-0.15, -0.1) is 10.2 Å². The van der Waals surface area contributed by atoms with Crippen LogP contribution in [-0.2, 0) is 5.75 Å². The summed E-state index contributed by atoms with van der Waals surface area (Å²) in [4.78, 5) is 4.39. The first-order valence-electron chi connectivity index (χ1n) is 7.80. The summed E-state index contributed by atoms with van der Waals surface area (Å²) in [6.07, 6.45) is 0. The first-order valence-corrected chi connectivity index (χ1v) is 8.79. The lowest BCUT2D eigenvalue weighted by atomic mass is 10.2. The van der Waals surface area contributed by atoms with Crippen molar-refractivity contribution in [2.24, 2.45) is 0 Å². The number of rotatable bonds is 6. The van der Waals surface area contributed by atoms with Gasteiger partial charge >= 0.3 is 0 Å². The molecule has 2 aromatic heterocycles. The molecular formula is C18H14N4O3S. The van der Waals surface area contributed by atoms with Crippen molar-refractivity contribution in [3.8, 4) is 28.6 Å². The maximum atomic E-state index is 5.65. The zero-order chi connectivity index (χ0) is 17.8. The topological polar surface area (TPSA) is 87.1 Å². The van der Waals surface area contributed by atoms with Gasteiger partial charge in [0, 0.05) is 11.1 Å². The number of ether oxygens (including phenoxy) is 1. The monoisotopic (exact) mass is 366 g/mol. The molecule has 4 rings (SSSR count). The predicted octanol–water partition coefficient (Wildman–Crippen LogP) is 4.09. The van der Waals surface area contributed by atoms with E-state index in [-0.39, 0.29) is 0 Å². The molecule has 0 aliphatic rings. The van der Waals surface area contributed by atoms with Crippen molar-refractivity contribution in [1.82, 2.24) is 20.3 Å². The minimum atomic E-state index is 0.444. The second-order valence-electron chi connectivity index (χ2n) is 5.27. The largest absolute Gasteiger partial charge is 0.497 e. The summed E-state index contributed by atoms with van der Waals surface area (Å²) >= 11 is 1.35. The van der Waals surface area contributed by atoms with Crippen LogP contribution in [0.5, 0.6) is 5.75 Å². The van der Waals surface area contributed by atoms with E-state index >= 15 is 0 Å².